The van der Waals surface area contributed by atoms with Crippen molar-refractivity contribution in [2.24, 2.45) is 0 Å². The highest BCUT2D eigenvalue weighted by molar-refractivity contribution is 6.16. The van der Waals surface area contributed by atoms with E-state index < -0.39 is 5.97 Å². The number of Topliss-reactive ketones (excluding diaryl/α,β-unsaturated/α-hetero) is 1. The number of benzene rings is 1. The first-order valence-electron chi connectivity index (χ1n) is 8.35. The summed E-state index contributed by atoms with van der Waals surface area (Å²) >= 11 is 0. The molecule has 1 aromatic carbocycles. The van der Waals surface area contributed by atoms with Gasteiger partial charge in [0, 0.05) is 46.4 Å². The molecule has 1 aliphatic carbocycles. The van der Waals surface area contributed by atoms with Crippen LogP contribution in [0, 0.1) is 0 Å². The number of hydrogen-bond acceptors (Lipinski definition) is 4. The van der Waals surface area contributed by atoms with Crippen molar-refractivity contribution in [3.8, 4) is 0 Å². The summed E-state index contributed by atoms with van der Waals surface area (Å²) in [6, 6.07) is 11.3. The molecular formula is C20H18N2O3. The van der Waals surface area contributed by atoms with E-state index >= 15 is 0 Å². The molecule has 0 aliphatic heterocycles. The van der Waals surface area contributed by atoms with Gasteiger partial charge in [0.05, 0.1) is 12.7 Å². The van der Waals surface area contributed by atoms with E-state index in [1.807, 2.05) is 24.3 Å². The van der Waals surface area contributed by atoms with Gasteiger partial charge < -0.3 is 9.72 Å². The first kappa shape index (κ1) is 15.6. The molecule has 25 heavy (non-hydrogen) atoms. The molecule has 0 amide bonds. The van der Waals surface area contributed by atoms with Gasteiger partial charge in [0.25, 0.3) is 0 Å². The topological polar surface area (TPSA) is 72.1 Å². The Morgan fingerprint density at radius 1 is 1.28 bits per heavy atom. The first-order valence-corrected chi connectivity index (χ1v) is 8.35. The highest BCUT2D eigenvalue weighted by Gasteiger charge is 2.31. The van der Waals surface area contributed by atoms with Crippen LogP contribution in [0.2, 0.25) is 0 Å². The average Bonchev–Trinajstić information content (AvgIpc) is 3.05. The molecule has 126 valence electrons. The second kappa shape index (κ2) is 6.16. The normalized spacial score (nSPS) is 16.7. The summed E-state index contributed by atoms with van der Waals surface area (Å²) < 4.78 is 4.89. The molecule has 0 fully saturated rings. The minimum atomic E-state index is -0.424. The number of esters is 1. The van der Waals surface area contributed by atoms with Gasteiger partial charge in [-0.3, -0.25) is 9.78 Å². The molecule has 0 bridgehead atoms. The summed E-state index contributed by atoms with van der Waals surface area (Å²) in [5, 5.41) is 0.681. The van der Waals surface area contributed by atoms with Crippen LogP contribution in [0.25, 0.3) is 10.9 Å². The van der Waals surface area contributed by atoms with Crippen molar-refractivity contribution < 1.29 is 14.3 Å². The lowest BCUT2D eigenvalue weighted by Gasteiger charge is -2.21. The molecule has 1 unspecified atom stereocenters. The molecule has 1 atom stereocenters. The van der Waals surface area contributed by atoms with Crippen molar-refractivity contribution in [3.05, 3.63) is 65.1 Å². The average molecular weight is 334 g/mol. The maximum atomic E-state index is 12.6. The number of rotatable bonds is 3. The Hall–Kier alpha value is -2.95. The third kappa shape index (κ3) is 2.61. The van der Waals surface area contributed by atoms with Crippen LogP contribution in [-0.4, -0.2) is 28.8 Å². The minimum Gasteiger partial charge on any atom is -0.465 e. The molecule has 1 N–H and O–H groups in total. The molecular weight excluding hydrogens is 316 g/mol. The SMILES string of the molecule is COC(=O)c1cccc2[nH]c3c(c12)C(=O)CCC3Cc1ccccn1. The molecule has 3 aromatic rings. The highest BCUT2D eigenvalue weighted by Crippen LogP contribution is 2.38. The van der Waals surface area contributed by atoms with Crippen LogP contribution in [0.15, 0.2) is 42.6 Å². The van der Waals surface area contributed by atoms with Gasteiger partial charge in [-0.05, 0) is 37.1 Å². The van der Waals surface area contributed by atoms with Crippen LogP contribution in [0.4, 0.5) is 0 Å². The summed E-state index contributed by atoms with van der Waals surface area (Å²) in [7, 11) is 1.35. The number of pyridine rings is 1. The highest BCUT2D eigenvalue weighted by atomic mass is 16.5. The third-order valence-electron chi connectivity index (χ3n) is 4.85. The lowest BCUT2D eigenvalue weighted by molar-refractivity contribution is 0.0603. The zero-order valence-corrected chi connectivity index (χ0v) is 13.9. The molecule has 0 spiro atoms. The minimum absolute atomic E-state index is 0.0786. The van der Waals surface area contributed by atoms with E-state index in [-0.39, 0.29) is 11.7 Å². The quantitative estimate of drug-likeness (QED) is 0.742. The maximum absolute atomic E-state index is 12.6. The summed E-state index contributed by atoms with van der Waals surface area (Å²) in [5.74, 6) is -0.164. The number of nitrogens with zero attached hydrogens (tertiary/aromatic N) is 1. The number of aromatic nitrogens is 2. The molecule has 1 aliphatic rings. The van der Waals surface area contributed by atoms with E-state index in [0.29, 0.717) is 22.9 Å². The fourth-order valence-electron chi connectivity index (χ4n) is 3.69. The molecule has 0 saturated heterocycles. The second-order valence-electron chi connectivity index (χ2n) is 6.32. The van der Waals surface area contributed by atoms with Gasteiger partial charge in [-0.2, -0.15) is 0 Å². The number of carbonyl (C=O) groups excluding carboxylic acids is 2. The predicted octanol–water partition coefficient (Wildman–Crippen LogP) is 3.65. The summed E-state index contributed by atoms with van der Waals surface area (Å²) in [6.45, 7) is 0. The first-order chi connectivity index (χ1) is 12.2. The van der Waals surface area contributed by atoms with E-state index in [1.165, 1.54) is 7.11 Å². The zero-order chi connectivity index (χ0) is 17.4. The molecule has 2 heterocycles. The third-order valence-corrected chi connectivity index (χ3v) is 4.85. The van der Waals surface area contributed by atoms with Gasteiger partial charge in [-0.1, -0.05) is 12.1 Å². The molecule has 4 rings (SSSR count). The fourth-order valence-corrected chi connectivity index (χ4v) is 3.69. The Morgan fingerprint density at radius 3 is 2.92 bits per heavy atom. The number of carbonyl (C=O) groups is 2. The van der Waals surface area contributed by atoms with E-state index in [0.717, 1.165) is 29.7 Å². The van der Waals surface area contributed by atoms with Crippen molar-refractivity contribution in [2.75, 3.05) is 7.11 Å². The number of H-pyrrole nitrogens is 1. The van der Waals surface area contributed by atoms with E-state index in [9.17, 15) is 9.59 Å². The molecule has 5 heteroatoms. The van der Waals surface area contributed by atoms with E-state index in [4.69, 9.17) is 4.74 Å². The molecule has 0 radical (unpaired) electrons. The molecule has 0 saturated carbocycles. The van der Waals surface area contributed by atoms with Crippen molar-refractivity contribution in [1.29, 1.82) is 0 Å². The van der Waals surface area contributed by atoms with Crippen molar-refractivity contribution >= 4 is 22.7 Å². The van der Waals surface area contributed by atoms with Gasteiger partial charge in [-0.25, -0.2) is 4.79 Å². The van der Waals surface area contributed by atoms with Crippen LogP contribution >= 0.6 is 0 Å². The van der Waals surface area contributed by atoms with Crippen LogP contribution in [0.1, 0.15) is 50.9 Å². The molecule has 5 nitrogen and oxygen atoms in total. The summed E-state index contributed by atoms with van der Waals surface area (Å²) in [6.07, 6.45) is 3.81. The number of ether oxygens (including phenoxy) is 1. The number of hydrogen-bond donors (Lipinski definition) is 1. The standard InChI is InChI=1S/C20H18N2O3/c1-25-20(24)14-6-4-7-15-17(14)18-16(23)9-8-12(19(18)22-15)11-13-5-2-3-10-21-13/h2-7,10,12,22H,8-9,11H2,1H3. The van der Waals surface area contributed by atoms with Crippen molar-refractivity contribution in [3.63, 3.8) is 0 Å². The monoisotopic (exact) mass is 334 g/mol. The Morgan fingerprint density at radius 2 is 2.16 bits per heavy atom. The van der Waals surface area contributed by atoms with Gasteiger partial charge in [0.2, 0.25) is 0 Å². The Bertz CT molecular complexity index is 960. The smallest absolute Gasteiger partial charge is 0.338 e. The lowest BCUT2D eigenvalue weighted by Crippen LogP contribution is -2.17. The number of nitrogens with one attached hydrogen (secondary N) is 1. The Balaban J connectivity index is 1.85. The number of methoxy groups -OCH3 is 1. The van der Waals surface area contributed by atoms with Crippen LogP contribution in [0.3, 0.4) is 0 Å². The molecule has 2 aromatic heterocycles. The van der Waals surface area contributed by atoms with Gasteiger partial charge in [0.1, 0.15) is 0 Å². The summed E-state index contributed by atoms with van der Waals surface area (Å²) in [4.78, 5) is 32.6. The summed E-state index contributed by atoms with van der Waals surface area (Å²) in [5.41, 5.74) is 3.79. The number of aromatic amines is 1. The fraction of sp³-hybridized carbons (Fsp3) is 0.250. The van der Waals surface area contributed by atoms with E-state index in [2.05, 4.69) is 9.97 Å². The van der Waals surface area contributed by atoms with Crippen molar-refractivity contribution in [2.45, 2.75) is 25.2 Å². The van der Waals surface area contributed by atoms with Gasteiger partial charge >= 0.3 is 5.97 Å². The van der Waals surface area contributed by atoms with Gasteiger partial charge in [-0.15, -0.1) is 0 Å². The zero-order valence-electron chi connectivity index (χ0n) is 13.9. The van der Waals surface area contributed by atoms with Crippen LogP contribution < -0.4 is 0 Å². The lowest BCUT2D eigenvalue weighted by atomic mass is 9.82. The second-order valence-corrected chi connectivity index (χ2v) is 6.32. The maximum Gasteiger partial charge on any atom is 0.338 e. The Labute approximate surface area is 145 Å². The number of ketones is 1. The number of fused-ring (bicyclic) bond motifs is 3. The van der Waals surface area contributed by atoms with Crippen LogP contribution in [0.5, 0.6) is 0 Å². The van der Waals surface area contributed by atoms with E-state index in [1.54, 1.807) is 18.3 Å². The van der Waals surface area contributed by atoms with Crippen LogP contribution in [-0.2, 0) is 11.2 Å². The largest absolute Gasteiger partial charge is 0.465 e. The predicted molar refractivity (Wildman–Crippen MR) is 93.9 cm³/mol. The Kier molecular flexibility index (Phi) is 3.84. The van der Waals surface area contributed by atoms with Crippen molar-refractivity contribution in [1.82, 2.24) is 9.97 Å². The van der Waals surface area contributed by atoms with Gasteiger partial charge in [0.15, 0.2) is 5.78 Å².